The number of pyridine rings is 1. The molecule has 6 rings (SSSR count). The lowest BCUT2D eigenvalue weighted by Gasteiger charge is -2.44. The lowest BCUT2D eigenvalue weighted by molar-refractivity contribution is 0.0103. The third-order valence-corrected chi connectivity index (χ3v) is 8.69. The van der Waals surface area contributed by atoms with E-state index < -0.39 is 5.60 Å². The molecule has 4 aromatic rings. The Morgan fingerprint density at radius 1 is 1.14 bits per heavy atom. The predicted molar refractivity (Wildman–Crippen MR) is 169 cm³/mol. The van der Waals surface area contributed by atoms with Crippen molar-refractivity contribution in [3.8, 4) is 17.0 Å². The van der Waals surface area contributed by atoms with Gasteiger partial charge in [0.05, 0.1) is 22.2 Å². The maximum atomic E-state index is 13.2. The Morgan fingerprint density at radius 3 is 2.57 bits per heavy atom. The minimum absolute atomic E-state index is 0.164. The second kappa shape index (κ2) is 11.5. The lowest BCUT2D eigenvalue weighted by Crippen LogP contribution is -2.43. The van der Waals surface area contributed by atoms with Crippen LogP contribution in [0, 0.1) is 11.3 Å². The summed E-state index contributed by atoms with van der Waals surface area (Å²) in [5.74, 6) is 1.51. The van der Waals surface area contributed by atoms with E-state index in [1.165, 1.54) is 4.57 Å². The van der Waals surface area contributed by atoms with Crippen molar-refractivity contribution in [3.05, 3.63) is 63.0 Å². The second-order valence-electron chi connectivity index (χ2n) is 12.6. The van der Waals surface area contributed by atoms with Gasteiger partial charge in [0, 0.05) is 43.4 Å². The Labute approximate surface area is 264 Å². The average molecular weight is 639 g/mol. The molecule has 44 heavy (non-hydrogen) atoms. The number of anilines is 2. The number of hydrogen-bond donors (Lipinski definition) is 1. The molecule has 2 aliphatic rings. The number of nitrogens with one attached hydrogen (secondary N) is 1. The third-order valence-electron chi connectivity index (χ3n) is 8.06. The summed E-state index contributed by atoms with van der Waals surface area (Å²) in [7, 11) is 1.63. The number of nitrogens with zero attached hydrogens (tertiary/aromatic N) is 6. The summed E-state index contributed by atoms with van der Waals surface area (Å²) < 4.78 is 12.9. The first-order valence-corrected chi connectivity index (χ1v) is 15.2. The fourth-order valence-corrected chi connectivity index (χ4v) is 6.66. The number of benzene rings is 1. The summed E-state index contributed by atoms with van der Waals surface area (Å²) in [6.45, 7) is 7.67. The fraction of sp³-hybridized carbons (Fsp3) is 0.419. The maximum absolute atomic E-state index is 13.2. The van der Waals surface area contributed by atoms with Crippen LogP contribution in [0.1, 0.15) is 40.0 Å². The molecule has 1 spiro atoms. The zero-order valence-corrected chi connectivity index (χ0v) is 26.4. The normalized spacial score (nSPS) is 19.7. The number of amides is 1. The molecule has 1 aliphatic heterocycles. The molecule has 1 saturated heterocycles. The van der Waals surface area contributed by atoms with Gasteiger partial charge in [0.25, 0.3) is 5.56 Å². The molecule has 3 aromatic heterocycles. The van der Waals surface area contributed by atoms with Crippen LogP contribution in [0.15, 0.2) is 47.4 Å². The second-order valence-corrected chi connectivity index (χ2v) is 13.4. The van der Waals surface area contributed by atoms with E-state index in [4.69, 9.17) is 32.7 Å². The van der Waals surface area contributed by atoms with Gasteiger partial charge in [0.1, 0.15) is 11.2 Å². The summed E-state index contributed by atoms with van der Waals surface area (Å²) in [5.41, 5.74) is 0.654. The molecule has 0 bridgehead atoms. The number of likely N-dealkylation sites (tertiary alicyclic amines) is 1. The van der Waals surface area contributed by atoms with Crippen LogP contribution >= 0.6 is 23.2 Å². The van der Waals surface area contributed by atoms with Gasteiger partial charge in [-0.2, -0.15) is 4.98 Å². The van der Waals surface area contributed by atoms with Crippen molar-refractivity contribution in [3.63, 3.8) is 0 Å². The first-order valence-electron chi connectivity index (χ1n) is 14.4. The van der Waals surface area contributed by atoms with Crippen molar-refractivity contribution in [1.29, 1.82) is 0 Å². The highest BCUT2D eigenvalue weighted by molar-refractivity contribution is 6.39. The van der Waals surface area contributed by atoms with Gasteiger partial charge in [0.15, 0.2) is 5.82 Å². The molecule has 0 radical (unpaired) electrons. The number of aryl methyl sites for hydroxylation is 1. The smallest absolute Gasteiger partial charge is 0.410 e. The summed E-state index contributed by atoms with van der Waals surface area (Å²) in [4.78, 5) is 36.4. The fourth-order valence-electron chi connectivity index (χ4n) is 6.06. The standard InChI is InChI=1S/C31H33Cl2N7O4/c1-30(2,3)44-29(42)40-11-10-31(17-40)13-18(14-31)16-43-24-9-8-23(37-38-24)35-28-34-15-19-12-20(27(41)39(4)26(19)36-28)25-21(32)6-5-7-22(25)33/h5-9,12,15,18H,10-11,13-14,16-17H2,1-4H3,(H,34,35,36,37). The largest absolute Gasteiger partial charge is 0.476 e. The van der Waals surface area contributed by atoms with E-state index in [1.807, 2.05) is 25.7 Å². The highest BCUT2D eigenvalue weighted by Gasteiger charge is 2.50. The van der Waals surface area contributed by atoms with Gasteiger partial charge in [0.2, 0.25) is 11.8 Å². The summed E-state index contributed by atoms with van der Waals surface area (Å²) in [5, 5.41) is 12.8. The first-order chi connectivity index (χ1) is 20.9. The van der Waals surface area contributed by atoms with E-state index in [9.17, 15) is 9.59 Å². The molecular weight excluding hydrogens is 605 g/mol. The van der Waals surface area contributed by atoms with Crippen LogP contribution in [0.5, 0.6) is 5.88 Å². The number of hydrogen-bond acceptors (Lipinski definition) is 9. The Kier molecular flexibility index (Phi) is 7.87. The van der Waals surface area contributed by atoms with E-state index >= 15 is 0 Å². The zero-order valence-electron chi connectivity index (χ0n) is 24.9. The van der Waals surface area contributed by atoms with Gasteiger partial charge < -0.3 is 19.7 Å². The molecule has 0 atom stereocenters. The molecule has 0 unspecified atom stereocenters. The van der Waals surface area contributed by atoms with Crippen molar-refractivity contribution in [2.45, 2.75) is 45.6 Å². The molecule has 13 heteroatoms. The van der Waals surface area contributed by atoms with Gasteiger partial charge in [-0.1, -0.05) is 29.3 Å². The highest BCUT2D eigenvalue weighted by Crippen LogP contribution is 2.52. The van der Waals surface area contributed by atoms with Crippen LogP contribution in [0.25, 0.3) is 22.2 Å². The van der Waals surface area contributed by atoms with Crippen LogP contribution in [-0.2, 0) is 11.8 Å². The maximum Gasteiger partial charge on any atom is 0.410 e. The lowest BCUT2D eigenvalue weighted by atomic mass is 9.62. The third kappa shape index (κ3) is 6.16. The quantitative estimate of drug-likeness (QED) is 0.261. The van der Waals surface area contributed by atoms with Crippen molar-refractivity contribution < 1.29 is 14.3 Å². The van der Waals surface area contributed by atoms with E-state index in [-0.39, 0.29) is 23.0 Å². The number of fused-ring (bicyclic) bond motifs is 1. The van der Waals surface area contributed by atoms with Crippen molar-refractivity contribution in [2.24, 2.45) is 18.4 Å². The van der Waals surface area contributed by atoms with Crippen LogP contribution in [0.2, 0.25) is 10.0 Å². The molecule has 4 heterocycles. The van der Waals surface area contributed by atoms with Gasteiger partial charge in [-0.15, -0.1) is 10.2 Å². The van der Waals surface area contributed by atoms with E-state index in [0.717, 1.165) is 32.4 Å². The molecule has 1 aliphatic carbocycles. The molecular formula is C31H33Cl2N7O4. The molecule has 1 saturated carbocycles. The van der Waals surface area contributed by atoms with Crippen LogP contribution < -0.4 is 15.6 Å². The van der Waals surface area contributed by atoms with Gasteiger partial charge in [-0.25, -0.2) is 9.78 Å². The van der Waals surface area contributed by atoms with Crippen molar-refractivity contribution >= 4 is 52.1 Å². The monoisotopic (exact) mass is 637 g/mol. The number of rotatable bonds is 6. The number of carbonyl (C=O) groups excluding carboxylic acids is 1. The Morgan fingerprint density at radius 2 is 1.89 bits per heavy atom. The van der Waals surface area contributed by atoms with Gasteiger partial charge in [-0.3, -0.25) is 9.36 Å². The van der Waals surface area contributed by atoms with Gasteiger partial charge >= 0.3 is 6.09 Å². The first kappa shape index (κ1) is 30.1. The topological polar surface area (TPSA) is 124 Å². The SMILES string of the molecule is Cn1c(=O)c(-c2c(Cl)cccc2Cl)cc2cnc(Nc3ccc(OCC4CC5(CCN(C(=O)OC(C)(C)C)C5)C4)nn3)nc21. The van der Waals surface area contributed by atoms with Crippen LogP contribution in [-0.4, -0.2) is 61.0 Å². The molecule has 2 fully saturated rings. The van der Waals surface area contributed by atoms with E-state index in [2.05, 4.69) is 25.5 Å². The van der Waals surface area contributed by atoms with Crippen molar-refractivity contribution in [2.75, 3.05) is 25.0 Å². The number of halogens is 2. The summed E-state index contributed by atoms with van der Waals surface area (Å²) in [6, 6.07) is 10.3. The Balaban J connectivity index is 1.05. The summed E-state index contributed by atoms with van der Waals surface area (Å²) in [6.07, 6.45) is 4.39. The number of carbonyl (C=O) groups is 1. The minimum atomic E-state index is -0.490. The minimum Gasteiger partial charge on any atom is -0.476 e. The average Bonchev–Trinajstić information content (AvgIpc) is 3.40. The molecule has 1 amide bonds. The number of ether oxygens (including phenoxy) is 2. The van der Waals surface area contributed by atoms with Crippen LogP contribution in [0.3, 0.4) is 0 Å². The molecule has 1 aromatic carbocycles. The molecule has 230 valence electrons. The zero-order chi connectivity index (χ0) is 31.2. The van der Waals surface area contributed by atoms with E-state index in [1.54, 1.807) is 49.6 Å². The van der Waals surface area contributed by atoms with Gasteiger partial charge in [-0.05, 0) is 75.6 Å². The van der Waals surface area contributed by atoms with Crippen LogP contribution in [0.4, 0.5) is 16.6 Å². The van der Waals surface area contributed by atoms with E-state index in [0.29, 0.717) is 56.4 Å². The predicted octanol–water partition coefficient (Wildman–Crippen LogP) is 6.25. The number of aromatic nitrogens is 5. The summed E-state index contributed by atoms with van der Waals surface area (Å²) >= 11 is 12.7. The Hall–Kier alpha value is -3.96. The van der Waals surface area contributed by atoms with Crippen molar-refractivity contribution in [1.82, 2.24) is 29.6 Å². The molecule has 1 N–H and O–H groups in total. The Bertz CT molecular complexity index is 1760. The molecule has 11 nitrogen and oxygen atoms in total. The highest BCUT2D eigenvalue weighted by atomic mass is 35.5.